The molecule has 0 aliphatic heterocycles. The van der Waals surface area contributed by atoms with Gasteiger partial charge in [0, 0.05) is 13.1 Å². The molecule has 0 spiro atoms. The largest absolute Gasteiger partial charge is 0.362 e. The second kappa shape index (κ2) is 6.91. The lowest BCUT2D eigenvalue weighted by Gasteiger charge is -2.29. The number of rotatable bonds is 6. The normalized spacial score (nSPS) is 22.2. The molecular formula is C15H26N4O2. The van der Waals surface area contributed by atoms with Crippen molar-refractivity contribution in [2.24, 2.45) is 13.0 Å². The minimum absolute atomic E-state index is 0.165. The van der Waals surface area contributed by atoms with E-state index >= 15 is 0 Å². The highest BCUT2D eigenvalue weighted by atomic mass is 16.6. The monoisotopic (exact) mass is 294 g/mol. The van der Waals surface area contributed by atoms with E-state index in [1.54, 1.807) is 11.7 Å². The molecule has 1 heterocycles. The molecule has 0 bridgehead atoms. The Bertz CT molecular complexity index is 498. The summed E-state index contributed by atoms with van der Waals surface area (Å²) in [5, 5.41) is 19.1. The number of hydrogen-bond donors (Lipinski definition) is 1. The van der Waals surface area contributed by atoms with Gasteiger partial charge in [-0.1, -0.05) is 39.5 Å². The zero-order valence-electron chi connectivity index (χ0n) is 13.3. The van der Waals surface area contributed by atoms with Crippen LogP contribution in [0.4, 0.5) is 11.5 Å². The maximum atomic E-state index is 11.4. The first-order valence-corrected chi connectivity index (χ1v) is 8.03. The minimum Gasteiger partial charge on any atom is -0.362 e. The van der Waals surface area contributed by atoms with Gasteiger partial charge in [-0.25, -0.2) is 4.68 Å². The van der Waals surface area contributed by atoms with Gasteiger partial charge in [0.25, 0.3) is 0 Å². The number of aryl methyl sites for hydroxylation is 2. The Hall–Kier alpha value is -1.59. The first-order valence-electron chi connectivity index (χ1n) is 8.03. The van der Waals surface area contributed by atoms with E-state index in [0.717, 1.165) is 25.2 Å². The van der Waals surface area contributed by atoms with Crippen molar-refractivity contribution in [3.63, 3.8) is 0 Å². The predicted octanol–water partition coefficient (Wildman–Crippen LogP) is 3.66. The molecule has 1 aromatic heterocycles. The molecule has 1 saturated carbocycles. The summed E-state index contributed by atoms with van der Waals surface area (Å²) in [5.41, 5.74) is 0.758. The minimum atomic E-state index is -0.291. The van der Waals surface area contributed by atoms with Crippen LogP contribution in [0.5, 0.6) is 0 Å². The van der Waals surface area contributed by atoms with Gasteiger partial charge in [0.2, 0.25) is 5.82 Å². The maximum absolute atomic E-state index is 11.4. The van der Waals surface area contributed by atoms with Crippen LogP contribution < -0.4 is 5.32 Å². The summed E-state index contributed by atoms with van der Waals surface area (Å²) in [7, 11) is 1.79. The summed E-state index contributed by atoms with van der Waals surface area (Å²) in [6, 6.07) is 0.326. The first-order chi connectivity index (χ1) is 10.1. The van der Waals surface area contributed by atoms with Crippen LogP contribution in [0.2, 0.25) is 0 Å². The van der Waals surface area contributed by atoms with Crippen LogP contribution in [-0.2, 0) is 13.5 Å². The van der Waals surface area contributed by atoms with E-state index in [9.17, 15) is 10.1 Å². The quantitative estimate of drug-likeness (QED) is 0.642. The van der Waals surface area contributed by atoms with Gasteiger partial charge < -0.3 is 5.32 Å². The van der Waals surface area contributed by atoms with E-state index in [2.05, 4.69) is 17.3 Å². The third-order valence-electron chi connectivity index (χ3n) is 4.46. The smallest absolute Gasteiger partial charge is 0.333 e. The summed E-state index contributed by atoms with van der Waals surface area (Å²) in [6.07, 6.45) is 7.36. The first kappa shape index (κ1) is 15.8. The van der Waals surface area contributed by atoms with Crippen LogP contribution in [0.15, 0.2) is 0 Å². The number of hydrogen-bond acceptors (Lipinski definition) is 4. The molecule has 2 rings (SSSR count). The number of nitro groups is 1. The molecule has 0 radical (unpaired) electrons. The fourth-order valence-electron chi connectivity index (χ4n) is 3.31. The summed E-state index contributed by atoms with van der Waals surface area (Å²) >= 11 is 0. The van der Waals surface area contributed by atoms with Gasteiger partial charge in [-0.2, -0.15) is 5.10 Å². The molecule has 118 valence electrons. The third-order valence-corrected chi connectivity index (χ3v) is 4.46. The Morgan fingerprint density at radius 1 is 1.43 bits per heavy atom. The molecule has 1 N–H and O–H groups in total. The van der Waals surface area contributed by atoms with Crippen molar-refractivity contribution >= 4 is 11.5 Å². The summed E-state index contributed by atoms with van der Waals surface area (Å²) in [4.78, 5) is 11.1. The van der Waals surface area contributed by atoms with Crippen molar-refractivity contribution in [3.8, 4) is 0 Å². The molecule has 1 aromatic rings. The zero-order chi connectivity index (χ0) is 15.4. The molecule has 21 heavy (non-hydrogen) atoms. The van der Waals surface area contributed by atoms with Gasteiger partial charge in [-0.3, -0.25) is 10.1 Å². The Morgan fingerprint density at radius 3 is 2.81 bits per heavy atom. The van der Waals surface area contributed by atoms with Crippen molar-refractivity contribution in [1.82, 2.24) is 9.78 Å². The lowest BCUT2D eigenvalue weighted by Crippen LogP contribution is -2.28. The average Bonchev–Trinajstić information content (AvgIpc) is 2.76. The summed E-state index contributed by atoms with van der Waals surface area (Å²) < 4.78 is 1.64. The van der Waals surface area contributed by atoms with Crippen LogP contribution in [0.25, 0.3) is 0 Å². The Morgan fingerprint density at radius 2 is 2.19 bits per heavy atom. The van der Waals surface area contributed by atoms with Gasteiger partial charge >= 0.3 is 5.69 Å². The lowest BCUT2D eigenvalue weighted by molar-refractivity contribution is -0.384. The fourth-order valence-corrected chi connectivity index (χ4v) is 3.31. The molecule has 6 heteroatoms. The van der Waals surface area contributed by atoms with Crippen LogP contribution >= 0.6 is 0 Å². The molecule has 1 fully saturated rings. The van der Waals surface area contributed by atoms with Gasteiger partial charge in [0.1, 0.15) is 5.69 Å². The van der Waals surface area contributed by atoms with Crippen LogP contribution in [0.3, 0.4) is 0 Å². The molecule has 2 atom stereocenters. The number of anilines is 1. The van der Waals surface area contributed by atoms with Crippen molar-refractivity contribution in [1.29, 1.82) is 0 Å². The van der Waals surface area contributed by atoms with E-state index in [0.29, 0.717) is 24.0 Å². The molecule has 0 saturated heterocycles. The standard InChI is InChI=1S/C15H26N4O2/c1-4-7-13-14(19(20)21)15(18(3)17-13)16-12-9-6-8-11(5-2)10-12/h11-12,16H,4-10H2,1-3H3. The lowest BCUT2D eigenvalue weighted by atomic mass is 9.84. The third kappa shape index (κ3) is 3.54. The molecular weight excluding hydrogens is 268 g/mol. The van der Waals surface area contributed by atoms with Crippen LogP contribution in [0.1, 0.15) is 58.1 Å². The van der Waals surface area contributed by atoms with E-state index in [1.807, 2.05) is 6.92 Å². The van der Waals surface area contributed by atoms with Crippen molar-refractivity contribution < 1.29 is 4.92 Å². The second-order valence-corrected chi connectivity index (χ2v) is 6.06. The van der Waals surface area contributed by atoms with E-state index in [1.165, 1.54) is 19.3 Å². The number of nitrogens with one attached hydrogen (secondary N) is 1. The molecule has 1 aliphatic carbocycles. The average molecular weight is 294 g/mol. The van der Waals surface area contributed by atoms with Crippen molar-refractivity contribution in [2.75, 3.05) is 5.32 Å². The highest BCUT2D eigenvalue weighted by Gasteiger charge is 2.29. The molecule has 0 aromatic carbocycles. The Labute approximate surface area is 126 Å². The van der Waals surface area contributed by atoms with Crippen LogP contribution in [-0.4, -0.2) is 20.7 Å². The second-order valence-electron chi connectivity index (χ2n) is 6.06. The highest BCUT2D eigenvalue weighted by molar-refractivity contribution is 5.60. The number of nitrogens with zero attached hydrogens (tertiary/aromatic N) is 3. The van der Waals surface area contributed by atoms with E-state index in [-0.39, 0.29) is 10.6 Å². The topological polar surface area (TPSA) is 73.0 Å². The Kier molecular flexibility index (Phi) is 5.20. The van der Waals surface area contributed by atoms with Gasteiger partial charge in [-0.15, -0.1) is 0 Å². The highest BCUT2D eigenvalue weighted by Crippen LogP contribution is 2.33. The van der Waals surface area contributed by atoms with Crippen molar-refractivity contribution in [2.45, 2.75) is 64.8 Å². The number of aromatic nitrogens is 2. The summed E-state index contributed by atoms with van der Waals surface area (Å²) in [5.74, 6) is 1.31. The molecule has 2 unspecified atom stereocenters. The van der Waals surface area contributed by atoms with Gasteiger partial charge in [0.05, 0.1) is 4.92 Å². The Balaban J connectivity index is 2.20. The molecule has 6 nitrogen and oxygen atoms in total. The molecule has 1 aliphatic rings. The predicted molar refractivity (Wildman–Crippen MR) is 83.5 cm³/mol. The SMILES string of the molecule is CCCc1nn(C)c(NC2CCCC(CC)C2)c1[N+](=O)[O-]. The van der Waals surface area contributed by atoms with Gasteiger partial charge in [0.15, 0.2) is 0 Å². The summed E-state index contributed by atoms with van der Waals surface area (Å²) in [6.45, 7) is 4.23. The molecule has 0 amide bonds. The maximum Gasteiger partial charge on any atom is 0.333 e. The van der Waals surface area contributed by atoms with E-state index in [4.69, 9.17) is 0 Å². The zero-order valence-corrected chi connectivity index (χ0v) is 13.3. The van der Waals surface area contributed by atoms with Crippen molar-refractivity contribution in [3.05, 3.63) is 15.8 Å². The van der Waals surface area contributed by atoms with E-state index < -0.39 is 0 Å². The van der Waals surface area contributed by atoms with Crippen LogP contribution in [0, 0.1) is 16.0 Å². The fraction of sp³-hybridized carbons (Fsp3) is 0.800. The van der Waals surface area contributed by atoms with Gasteiger partial charge in [-0.05, 0) is 25.2 Å².